The molecule has 1 unspecified atom stereocenters. The monoisotopic (exact) mass is 528 g/mol. The Hall–Kier alpha value is -3.72. The SMILES string of the molecule is COc1ccc(N2CC[NH+](C(c3cc4cc(C)c(C)cc4[nH]c3=O)c3nnnn3C3CCCCC3)CC2)cc1. The Labute approximate surface area is 228 Å². The lowest BCUT2D eigenvalue weighted by Gasteiger charge is -2.37. The van der Waals surface area contributed by atoms with Crippen molar-refractivity contribution in [2.24, 2.45) is 0 Å². The topological polar surface area (TPSA) is 93.4 Å². The molecule has 0 bridgehead atoms. The maximum absolute atomic E-state index is 13.7. The number of fused-ring (bicyclic) bond motifs is 1. The highest BCUT2D eigenvalue weighted by Crippen LogP contribution is 2.30. The molecule has 9 nitrogen and oxygen atoms in total. The van der Waals surface area contributed by atoms with Crippen LogP contribution in [0, 0.1) is 13.8 Å². The van der Waals surface area contributed by atoms with Crippen LogP contribution in [-0.2, 0) is 0 Å². The Kier molecular flexibility index (Phi) is 7.08. The summed E-state index contributed by atoms with van der Waals surface area (Å²) in [5.41, 5.74) is 5.13. The smallest absolute Gasteiger partial charge is 0.258 e. The van der Waals surface area contributed by atoms with Crippen molar-refractivity contribution in [1.82, 2.24) is 25.2 Å². The zero-order valence-electron chi connectivity index (χ0n) is 23.1. The van der Waals surface area contributed by atoms with E-state index in [-0.39, 0.29) is 17.6 Å². The second kappa shape index (κ2) is 10.8. The molecule has 39 heavy (non-hydrogen) atoms. The fourth-order valence-electron chi connectivity index (χ4n) is 6.36. The first-order chi connectivity index (χ1) is 19.0. The lowest BCUT2D eigenvalue weighted by molar-refractivity contribution is -0.927. The van der Waals surface area contributed by atoms with Gasteiger partial charge in [-0.3, -0.25) is 4.79 Å². The molecule has 4 aromatic rings. The summed E-state index contributed by atoms with van der Waals surface area (Å²) in [5, 5.41) is 14.3. The fourth-order valence-corrected chi connectivity index (χ4v) is 6.36. The van der Waals surface area contributed by atoms with Crippen LogP contribution in [0.1, 0.15) is 66.7 Å². The molecule has 3 heterocycles. The van der Waals surface area contributed by atoms with E-state index >= 15 is 0 Å². The van der Waals surface area contributed by atoms with Crippen molar-refractivity contribution in [2.45, 2.75) is 58.0 Å². The van der Waals surface area contributed by atoms with E-state index in [1.54, 1.807) is 7.11 Å². The van der Waals surface area contributed by atoms with Crippen molar-refractivity contribution < 1.29 is 9.64 Å². The Morgan fingerprint density at radius 1 is 1.00 bits per heavy atom. The molecular weight excluding hydrogens is 490 g/mol. The number of hydrogen-bond acceptors (Lipinski definition) is 6. The first-order valence-corrected chi connectivity index (χ1v) is 14.2. The number of ether oxygens (including phenoxy) is 1. The number of hydrogen-bond donors (Lipinski definition) is 2. The lowest BCUT2D eigenvalue weighted by atomic mass is 9.95. The number of methoxy groups -OCH3 is 1. The van der Waals surface area contributed by atoms with Gasteiger partial charge in [-0.25, -0.2) is 4.68 Å². The molecule has 1 saturated carbocycles. The number of aromatic amines is 1. The fraction of sp³-hybridized carbons (Fsp3) is 0.467. The zero-order valence-corrected chi connectivity index (χ0v) is 23.1. The van der Waals surface area contributed by atoms with Gasteiger partial charge in [0.15, 0.2) is 6.04 Å². The van der Waals surface area contributed by atoms with Crippen LogP contribution in [0.4, 0.5) is 5.69 Å². The standard InChI is InChI=1S/C30H37N7O2/c1-20-17-22-19-26(30(38)31-27(22)18-21(20)2)28(29-32-33-34-37(29)24-7-5-4-6-8-24)36-15-13-35(14-16-36)23-9-11-25(39-3)12-10-23/h9-12,17-19,24,28H,4-8,13-16H2,1-3H3,(H,31,38)/p+1. The van der Waals surface area contributed by atoms with Crippen molar-refractivity contribution in [3.63, 3.8) is 0 Å². The van der Waals surface area contributed by atoms with Crippen LogP contribution >= 0.6 is 0 Å². The Bertz CT molecular complexity index is 1500. The maximum atomic E-state index is 13.7. The van der Waals surface area contributed by atoms with E-state index in [0.29, 0.717) is 0 Å². The summed E-state index contributed by atoms with van der Waals surface area (Å²) in [6, 6.07) is 14.6. The quantitative estimate of drug-likeness (QED) is 0.400. The third-order valence-corrected chi connectivity index (χ3v) is 8.75. The average molecular weight is 529 g/mol. The van der Waals surface area contributed by atoms with E-state index in [1.807, 2.05) is 16.8 Å². The van der Waals surface area contributed by atoms with Crippen LogP contribution in [0.5, 0.6) is 5.75 Å². The number of nitrogens with zero attached hydrogens (tertiary/aromatic N) is 5. The van der Waals surface area contributed by atoms with Gasteiger partial charge in [-0.05, 0) is 96.1 Å². The molecule has 1 aliphatic carbocycles. The predicted octanol–water partition coefficient (Wildman–Crippen LogP) is 3.14. The zero-order chi connectivity index (χ0) is 26.9. The molecule has 2 aliphatic rings. The molecule has 9 heteroatoms. The molecule has 0 amide bonds. The third kappa shape index (κ3) is 5.03. The Morgan fingerprint density at radius 3 is 2.44 bits per heavy atom. The summed E-state index contributed by atoms with van der Waals surface area (Å²) < 4.78 is 7.37. The minimum atomic E-state index is -0.241. The maximum Gasteiger partial charge on any atom is 0.258 e. The highest BCUT2D eigenvalue weighted by atomic mass is 16.5. The number of nitrogens with one attached hydrogen (secondary N) is 2. The van der Waals surface area contributed by atoms with Crippen molar-refractivity contribution in [1.29, 1.82) is 0 Å². The summed E-state index contributed by atoms with van der Waals surface area (Å²) in [4.78, 5) is 20.6. The molecule has 6 rings (SSSR count). The normalized spacial score (nSPS) is 18.0. The second-order valence-corrected chi connectivity index (χ2v) is 11.1. The summed E-state index contributed by atoms with van der Waals surface area (Å²) in [5.74, 6) is 1.67. The number of aryl methyl sites for hydroxylation is 2. The molecule has 1 atom stereocenters. The van der Waals surface area contributed by atoms with Crippen molar-refractivity contribution >= 4 is 16.6 Å². The van der Waals surface area contributed by atoms with E-state index < -0.39 is 0 Å². The van der Waals surface area contributed by atoms with Gasteiger partial charge in [-0.2, -0.15) is 0 Å². The van der Waals surface area contributed by atoms with Gasteiger partial charge < -0.3 is 19.5 Å². The lowest BCUT2D eigenvalue weighted by Crippen LogP contribution is -3.15. The number of piperazine rings is 1. The highest BCUT2D eigenvalue weighted by molar-refractivity contribution is 5.80. The minimum absolute atomic E-state index is 0.0565. The third-order valence-electron chi connectivity index (χ3n) is 8.75. The van der Waals surface area contributed by atoms with E-state index in [4.69, 9.17) is 4.74 Å². The Balaban J connectivity index is 1.37. The molecule has 2 aromatic heterocycles. The van der Waals surface area contributed by atoms with Crippen molar-refractivity contribution in [3.05, 3.63) is 75.3 Å². The number of tetrazole rings is 1. The Morgan fingerprint density at radius 2 is 1.72 bits per heavy atom. The number of aromatic nitrogens is 5. The molecule has 2 N–H and O–H groups in total. The number of rotatable bonds is 6. The molecule has 204 valence electrons. The van der Waals surface area contributed by atoms with Gasteiger partial charge >= 0.3 is 0 Å². The van der Waals surface area contributed by atoms with E-state index in [2.05, 4.69) is 69.6 Å². The molecule has 2 fully saturated rings. The van der Waals surface area contributed by atoms with Crippen LogP contribution in [0.2, 0.25) is 0 Å². The van der Waals surface area contributed by atoms with Crippen LogP contribution < -0.4 is 20.1 Å². The van der Waals surface area contributed by atoms with E-state index in [1.165, 1.54) is 41.0 Å². The molecule has 1 aliphatic heterocycles. The molecular formula is C30H38N7O2+. The highest BCUT2D eigenvalue weighted by Gasteiger charge is 2.37. The number of benzene rings is 2. The molecule has 1 saturated heterocycles. The summed E-state index contributed by atoms with van der Waals surface area (Å²) in [6.45, 7) is 7.70. The van der Waals surface area contributed by atoms with Crippen LogP contribution in [0.3, 0.4) is 0 Å². The van der Waals surface area contributed by atoms with Gasteiger partial charge in [0.2, 0.25) is 5.82 Å². The van der Waals surface area contributed by atoms with Crippen molar-refractivity contribution in [3.8, 4) is 5.75 Å². The number of H-pyrrole nitrogens is 1. The molecule has 0 spiro atoms. The number of pyridine rings is 1. The minimum Gasteiger partial charge on any atom is -0.497 e. The van der Waals surface area contributed by atoms with Crippen LogP contribution in [0.15, 0.2) is 47.3 Å². The van der Waals surface area contributed by atoms with Gasteiger partial charge in [-0.15, -0.1) is 5.10 Å². The molecule has 2 aromatic carbocycles. The van der Waals surface area contributed by atoms with Gasteiger partial charge in [0.1, 0.15) is 5.75 Å². The van der Waals surface area contributed by atoms with Crippen LogP contribution in [0.25, 0.3) is 10.9 Å². The largest absolute Gasteiger partial charge is 0.497 e. The summed E-state index contributed by atoms with van der Waals surface area (Å²) >= 11 is 0. The van der Waals surface area contributed by atoms with E-state index in [9.17, 15) is 4.79 Å². The van der Waals surface area contributed by atoms with Gasteiger partial charge in [-0.1, -0.05) is 19.3 Å². The average Bonchev–Trinajstić information content (AvgIpc) is 3.45. The predicted molar refractivity (Wildman–Crippen MR) is 152 cm³/mol. The van der Waals surface area contributed by atoms with Crippen molar-refractivity contribution in [2.75, 3.05) is 38.2 Å². The van der Waals surface area contributed by atoms with Gasteiger partial charge in [0.25, 0.3) is 5.56 Å². The first-order valence-electron chi connectivity index (χ1n) is 14.2. The van der Waals surface area contributed by atoms with Crippen LogP contribution in [-0.4, -0.2) is 58.5 Å². The molecule has 0 radical (unpaired) electrons. The van der Waals surface area contributed by atoms with E-state index in [0.717, 1.165) is 67.1 Å². The summed E-state index contributed by atoms with van der Waals surface area (Å²) in [7, 11) is 1.69. The summed E-state index contributed by atoms with van der Waals surface area (Å²) in [6.07, 6.45) is 5.81. The van der Waals surface area contributed by atoms with Gasteiger partial charge in [0, 0.05) is 11.2 Å². The number of quaternary nitrogens is 1. The van der Waals surface area contributed by atoms with Gasteiger partial charge in [0.05, 0.1) is 44.9 Å². The number of anilines is 1. The second-order valence-electron chi connectivity index (χ2n) is 11.1. The first kappa shape index (κ1) is 25.6.